The van der Waals surface area contributed by atoms with Crippen LogP contribution in [0.5, 0.6) is 0 Å². The number of alkyl halides is 3. The maximum atomic E-state index is 13.2. The molecule has 0 spiro atoms. The van der Waals surface area contributed by atoms with Crippen molar-refractivity contribution >= 4 is 11.6 Å². The fourth-order valence-electron chi connectivity index (χ4n) is 3.93. The highest BCUT2D eigenvalue weighted by molar-refractivity contribution is 5.94. The lowest BCUT2D eigenvalue weighted by Crippen LogP contribution is -2.30. The Hall–Kier alpha value is -3.20. The van der Waals surface area contributed by atoms with E-state index in [1.54, 1.807) is 0 Å². The number of anilines is 1. The zero-order chi connectivity index (χ0) is 22.7. The smallest absolute Gasteiger partial charge is 0.323 e. The number of amides is 1. The molecule has 0 radical (unpaired) electrons. The Bertz CT molecular complexity index is 1100. The lowest BCUT2D eigenvalue weighted by atomic mass is 9.89. The Labute approximate surface area is 183 Å². The summed E-state index contributed by atoms with van der Waals surface area (Å²) in [5.74, 6) is -0.449. The third-order valence-electron chi connectivity index (χ3n) is 5.70. The molecule has 1 aliphatic carbocycles. The SMILES string of the molecule is C[C@H](NCC(=O)Nc1cc(C(F)(F)F)ccc1-n1cncn1)c1ccc2c(c1)CCCC2. The van der Waals surface area contributed by atoms with Crippen molar-refractivity contribution in [2.24, 2.45) is 0 Å². The molecule has 4 rings (SSSR count). The lowest BCUT2D eigenvalue weighted by Gasteiger charge is -2.20. The van der Waals surface area contributed by atoms with Gasteiger partial charge in [0.2, 0.25) is 5.91 Å². The Balaban J connectivity index is 1.45. The van der Waals surface area contributed by atoms with Gasteiger partial charge < -0.3 is 10.6 Å². The van der Waals surface area contributed by atoms with Crippen LogP contribution < -0.4 is 10.6 Å². The topological polar surface area (TPSA) is 71.8 Å². The lowest BCUT2D eigenvalue weighted by molar-refractivity contribution is -0.137. The largest absolute Gasteiger partial charge is 0.416 e. The van der Waals surface area contributed by atoms with Crippen molar-refractivity contribution in [1.82, 2.24) is 20.1 Å². The van der Waals surface area contributed by atoms with Gasteiger partial charge in [0, 0.05) is 6.04 Å². The van der Waals surface area contributed by atoms with Crippen LogP contribution in [-0.2, 0) is 23.8 Å². The highest BCUT2D eigenvalue weighted by Crippen LogP contribution is 2.33. The summed E-state index contributed by atoms with van der Waals surface area (Å²) in [5, 5.41) is 9.69. The van der Waals surface area contributed by atoms with Crippen LogP contribution in [-0.4, -0.2) is 27.2 Å². The summed E-state index contributed by atoms with van der Waals surface area (Å²) in [6, 6.07) is 9.43. The Morgan fingerprint density at radius 2 is 1.91 bits per heavy atom. The van der Waals surface area contributed by atoms with Crippen molar-refractivity contribution in [2.75, 3.05) is 11.9 Å². The van der Waals surface area contributed by atoms with Gasteiger partial charge in [0.25, 0.3) is 0 Å². The van der Waals surface area contributed by atoms with Gasteiger partial charge in [-0.1, -0.05) is 18.2 Å². The second-order valence-corrected chi connectivity index (χ2v) is 7.96. The molecule has 1 atom stereocenters. The molecule has 0 fully saturated rings. The quantitative estimate of drug-likeness (QED) is 0.590. The van der Waals surface area contributed by atoms with E-state index >= 15 is 0 Å². The van der Waals surface area contributed by atoms with E-state index in [-0.39, 0.29) is 18.3 Å². The standard InChI is InChI=1S/C23H24F3N5O/c1-15(17-7-6-16-4-2-3-5-18(16)10-17)28-12-22(32)30-20-11-19(23(24,25)26)8-9-21(20)31-14-27-13-29-31/h6-11,13-15,28H,2-5,12H2,1H3,(H,30,32)/t15-/m0/s1. The van der Waals surface area contributed by atoms with Crippen molar-refractivity contribution in [3.8, 4) is 5.69 Å². The molecular weight excluding hydrogens is 419 g/mol. The Morgan fingerprint density at radius 3 is 2.62 bits per heavy atom. The molecule has 6 nitrogen and oxygen atoms in total. The van der Waals surface area contributed by atoms with E-state index in [4.69, 9.17) is 0 Å². The number of halogens is 3. The second-order valence-electron chi connectivity index (χ2n) is 7.96. The van der Waals surface area contributed by atoms with Crippen LogP contribution >= 0.6 is 0 Å². The zero-order valence-corrected chi connectivity index (χ0v) is 17.6. The number of nitrogens with zero attached hydrogens (tertiary/aromatic N) is 3. The van der Waals surface area contributed by atoms with E-state index in [9.17, 15) is 18.0 Å². The van der Waals surface area contributed by atoms with E-state index in [1.165, 1.54) is 47.4 Å². The maximum Gasteiger partial charge on any atom is 0.416 e. The number of aromatic nitrogens is 3. The minimum atomic E-state index is -4.53. The van der Waals surface area contributed by atoms with Crippen LogP contribution in [0.4, 0.5) is 18.9 Å². The number of carbonyl (C=O) groups is 1. The average Bonchev–Trinajstić information content (AvgIpc) is 3.31. The predicted molar refractivity (Wildman–Crippen MR) is 114 cm³/mol. The van der Waals surface area contributed by atoms with E-state index < -0.39 is 17.6 Å². The van der Waals surface area contributed by atoms with Crippen LogP contribution in [0.3, 0.4) is 0 Å². The number of fused-ring (bicyclic) bond motifs is 1. The Morgan fingerprint density at radius 1 is 1.12 bits per heavy atom. The zero-order valence-electron chi connectivity index (χ0n) is 17.6. The summed E-state index contributed by atoms with van der Waals surface area (Å²) in [6.45, 7) is 1.91. The first-order chi connectivity index (χ1) is 15.3. The monoisotopic (exact) mass is 443 g/mol. The van der Waals surface area contributed by atoms with E-state index in [0.29, 0.717) is 5.69 Å². The van der Waals surface area contributed by atoms with Gasteiger partial charge in [0.15, 0.2) is 0 Å². The molecule has 1 aromatic heterocycles. The predicted octanol–water partition coefficient (Wildman–Crippen LogP) is 4.45. The average molecular weight is 443 g/mol. The summed E-state index contributed by atoms with van der Waals surface area (Å²) < 4.78 is 40.8. The minimum absolute atomic E-state index is 0.0126. The van der Waals surface area contributed by atoms with Crippen molar-refractivity contribution < 1.29 is 18.0 Å². The molecule has 3 aromatic rings. The summed E-state index contributed by atoms with van der Waals surface area (Å²) >= 11 is 0. The molecule has 32 heavy (non-hydrogen) atoms. The van der Waals surface area contributed by atoms with Crippen molar-refractivity contribution in [2.45, 2.75) is 44.8 Å². The molecular formula is C23H24F3N5O. The number of aryl methyl sites for hydroxylation is 2. The van der Waals surface area contributed by atoms with Crippen LogP contribution in [0.25, 0.3) is 5.69 Å². The molecule has 0 unspecified atom stereocenters. The fourth-order valence-corrected chi connectivity index (χ4v) is 3.93. The highest BCUT2D eigenvalue weighted by atomic mass is 19.4. The van der Waals surface area contributed by atoms with E-state index in [0.717, 1.165) is 30.5 Å². The fraction of sp³-hybridized carbons (Fsp3) is 0.348. The highest BCUT2D eigenvalue weighted by Gasteiger charge is 2.31. The molecule has 0 saturated heterocycles. The minimum Gasteiger partial charge on any atom is -0.323 e. The molecule has 0 saturated carbocycles. The first-order valence-corrected chi connectivity index (χ1v) is 10.5. The number of hydrogen-bond acceptors (Lipinski definition) is 4. The summed E-state index contributed by atoms with van der Waals surface area (Å²) in [6.07, 6.45) is 2.67. The summed E-state index contributed by atoms with van der Waals surface area (Å²) in [7, 11) is 0. The van der Waals surface area contributed by atoms with Crippen LogP contribution in [0.2, 0.25) is 0 Å². The van der Waals surface area contributed by atoms with Crippen molar-refractivity contribution in [3.05, 3.63) is 71.3 Å². The molecule has 9 heteroatoms. The third-order valence-corrected chi connectivity index (χ3v) is 5.70. The molecule has 2 N–H and O–H groups in total. The molecule has 2 aromatic carbocycles. The van der Waals surface area contributed by atoms with Gasteiger partial charge >= 0.3 is 6.18 Å². The Kier molecular flexibility index (Phi) is 6.27. The van der Waals surface area contributed by atoms with Crippen molar-refractivity contribution in [3.63, 3.8) is 0 Å². The molecule has 0 bridgehead atoms. The molecule has 1 amide bonds. The van der Waals surface area contributed by atoms with Gasteiger partial charge in [0.1, 0.15) is 12.7 Å². The number of carbonyl (C=O) groups excluding carboxylic acids is 1. The summed E-state index contributed by atoms with van der Waals surface area (Å²) in [5.41, 5.74) is 3.28. The van der Waals surface area contributed by atoms with Crippen LogP contribution in [0.1, 0.15) is 48.1 Å². The normalized spacial score (nSPS) is 14.6. The van der Waals surface area contributed by atoms with Gasteiger partial charge in [-0.15, -0.1) is 0 Å². The first-order valence-electron chi connectivity index (χ1n) is 10.5. The maximum absolute atomic E-state index is 13.2. The van der Waals surface area contributed by atoms with Gasteiger partial charge in [-0.05, 0) is 67.5 Å². The number of rotatable bonds is 6. The van der Waals surface area contributed by atoms with E-state index in [2.05, 4.69) is 38.9 Å². The van der Waals surface area contributed by atoms with Gasteiger partial charge in [-0.2, -0.15) is 18.3 Å². The first kappa shape index (κ1) is 22.0. The number of hydrogen-bond donors (Lipinski definition) is 2. The second kappa shape index (κ2) is 9.12. The third kappa shape index (κ3) is 4.99. The van der Waals surface area contributed by atoms with Crippen LogP contribution in [0.15, 0.2) is 49.1 Å². The van der Waals surface area contributed by atoms with Gasteiger partial charge in [-0.25, -0.2) is 9.67 Å². The molecule has 0 aliphatic heterocycles. The molecule has 168 valence electrons. The number of benzene rings is 2. The van der Waals surface area contributed by atoms with Gasteiger partial charge in [-0.3, -0.25) is 4.79 Å². The number of nitrogens with one attached hydrogen (secondary N) is 2. The van der Waals surface area contributed by atoms with Crippen molar-refractivity contribution in [1.29, 1.82) is 0 Å². The summed E-state index contributed by atoms with van der Waals surface area (Å²) in [4.78, 5) is 16.4. The molecule has 1 heterocycles. The van der Waals surface area contributed by atoms with Gasteiger partial charge in [0.05, 0.1) is 23.5 Å². The van der Waals surface area contributed by atoms with Crippen LogP contribution in [0, 0.1) is 0 Å². The van der Waals surface area contributed by atoms with E-state index in [1.807, 2.05) is 6.92 Å². The molecule has 1 aliphatic rings.